The van der Waals surface area contributed by atoms with Crippen molar-refractivity contribution >= 4 is 12.0 Å². The monoisotopic (exact) mass is 178 g/mol. The summed E-state index contributed by atoms with van der Waals surface area (Å²) in [6, 6.07) is 9.04. The van der Waals surface area contributed by atoms with Crippen LogP contribution >= 0.6 is 0 Å². The molecule has 0 aliphatic rings. The molecular formula is C10H10O3. The third-order valence-corrected chi connectivity index (χ3v) is 1.50. The van der Waals surface area contributed by atoms with Crippen LogP contribution in [0.1, 0.15) is 5.56 Å². The summed E-state index contributed by atoms with van der Waals surface area (Å²) in [7, 11) is 1.22. The number of ether oxygens (including phenoxy) is 1. The van der Waals surface area contributed by atoms with Crippen molar-refractivity contribution in [2.45, 2.75) is 0 Å². The van der Waals surface area contributed by atoms with Crippen LogP contribution in [-0.4, -0.2) is 18.2 Å². The summed E-state index contributed by atoms with van der Waals surface area (Å²) in [5.41, 5.74) is 0.755. The van der Waals surface area contributed by atoms with Gasteiger partial charge < -0.3 is 9.84 Å². The molecule has 0 fully saturated rings. The average Bonchev–Trinajstić information content (AvgIpc) is 2.18. The fourth-order valence-corrected chi connectivity index (χ4v) is 0.871. The Balaban J connectivity index is 2.83. The molecule has 0 spiro atoms. The summed E-state index contributed by atoms with van der Waals surface area (Å²) < 4.78 is 4.33. The minimum absolute atomic E-state index is 0.395. The highest BCUT2D eigenvalue weighted by Gasteiger charge is 2.05. The predicted octanol–water partition coefficient (Wildman–Crippen LogP) is 1.76. The van der Waals surface area contributed by atoms with Gasteiger partial charge in [-0.05, 0) is 11.6 Å². The van der Waals surface area contributed by atoms with Crippen LogP contribution in [0, 0.1) is 0 Å². The van der Waals surface area contributed by atoms with Crippen LogP contribution in [0.3, 0.4) is 0 Å². The van der Waals surface area contributed by atoms with Crippen molar-refractivity contribution in [3.8, 4) is 0 Å². The fourth-order valence-electron chi connectivity index (χ4n) is 0.871. The molecule has 3 nitrogen and oxygen atoms in total. The highest BCUT2D eigenvalue weighted by atomic mass is 16.5. The van der Waals surface area contributed by atoms with Crippen molar-refractivity contribution < 1.29 is 14.6 Å². The molecule has 0 unspecified atom stereocenters. The lowest BCUT2D eigenvalue weighted by molar-refractivity contribution is -0.138. The third-order valence-electron chi connectivity index (χ3n) is 1.50. The first kappa shape index (κ1) is 9.32. The maximum absolute atomic E-state index is 10.8. The minimum atomic E-state index is -0.733. The number of hydrogen-bond acceptors (Lipinski definition) is 3. The predicted molar refractivity (Wildman–Crippen MR) is 49.1 cm³/mol. The quantitative estimate of drug-likeness (QED) is 0.426. The van der Waals surface area contributed by atoms with E-state index in [-0.39, 0.29) is 0 Å². The number of carbonyl (C=O) groups is 1. The Hall–Kier alpha value is -1.77. The van der Waals surface area contributed by atoms with Gasteiger partial charge in [0.1, 0.15) is 0 Å². The topological polar surface area (TPSA) is 46.5 Å². The number of benzene rings is 1. The SMILES string of the molecule is COC(=O)/C(O)=C/c1ccccc1. The van der Waals surface area contributed by atoms with Crippen molar-refractivity contribution in [3.63, 3.8) is 0 Å². The van der Waals surface area contributed by atoms with Crippen LogP contribution in [0.4, 0.5) is 0 Å². The van der Waals surface area contributed by atoms with Gasteiger partial charge >= 0.3 is 5.97 Å². The molecule has 0 amide bonds. The van der Waals surface area contributed by atoms with Gasteiger partial charge in [-0.25, -0.2) is 4.79 Å². The van der Waals surface area contributed by atoms with Crippen LogP contribution in [0.2, 0.25) is 0 Å². The second-order valence-corrected chi connectivity index (χ2v) is 2.43. The van der Waals surface area contributed by atoms with Gasteiger partial charge in [-0.15, -0.1) is 0 Å². The van der Waals surface area contributed by atoms with Crippen molar-refractivity contribution in [1.82, 2.24) is 0 Å². The summed E-state index contributed by atoms with van der Waals surface area (Å²) in [6.45, 7) is 0. The van der Waals surface area contributed by atoms with Gasteiger partial charge in [0.15, 0.2) is 0 Å². The van der Waals surface area contributed by atoms with Crippen molar-refractivity contribution in [2.75, 3.05) is 7.11 Å². The first-order valence-corrected chi connectivity index (χ1v) is 3.78. The zero-order valence-corrected chi connectivity index (χ0v) is 7.23. The molecule has 0 bridgehead atoms. The van der Waals surface area contributed by atoms with Gasteiger partial charge in [-0.3, -0.25) is 0 Å². The Morgan fingerprint density at radius 3 is 2.54 bits per heavy atom. The molecule has 68 valence electrons. The van der Waals surface area contributed by atoms with Gasteiger partial charge in [0.05, 0.1) is 7.11 Å². The summed E-state index contributed by atoms with van der Waals surface area (Å²) in [5.74, 6) is -1.13. The Morgan fingerprint density at radius 2 is 2.00 bits per heavy atom. The number of methoxy groups -OCH3 is 1. The molecule has 1 rings (SSSR count). The molecule has 3 heteroatoms. The number of rotatable bonds is 2. The fraction of sp³-hybridized carbons (Fsp3) is 0.100. The minimum Gasteiger partial charge on any atom is -0.502 e. The Morgan fingerprint density at radius 1 is 1.38 bits per heavy atom. The van der Waals surface area contributed by atoms with E-state index in [1.807, 2.05) is 18.2 Å². The molecule has 1 aromatic carbocycles. The molecular weight excluding hydrogens is 168 g/mol. The molecule has 0 saturated carbocycles. The van der Waals surface area contributed by atoms with Crippen molar-refractivity contribution in [3.05, 3.63) is 41.7 Å². The van der Waals surface area contributed by atoms with Crippen LogP contribution in [-0.2, 0) is 9.53 Å². The second-order valence-electron chi connectivity index (χ2n) is 2.43. The van der Waals surface area contributed by atoms with E-state index in [0.29, 0.717) is 0 Å². The first-order chi connectivity index (χ1) is 6.24. The van der Waals surface area contributed by atoms with E-state index in [2.05, 4.69) is 4.74 Å². The maximum Gasteiger partial charge on any atom is 0.373 e. The van der Waals surface area contributed by atoms with E-state index in [4.69, 9.17) is 5.11 Å². The van der Waals surface area contributed by atoms with Crippen LogP contribution < -0.4 is 0 Å². The van der Waals surface area contributed by atoms with E-state index < -0.39 is 11.7 Å². The van der Waals surface area contributed by atoms with Crippen LogP contribution in [0.15, 0.2) is 36.1 Å². The summed E-state index contributed by atoms with van der Waals surface area (Å²) in [4.78, 5) is 10.8. The standard InChI is InChI=1S/C10H10O3/c1-13-10(12)9(11)7-8-5-3-2-4-6-8/h2-7,11H,1H3/b9-7-. The largest absolute Gasteiger partial charge is 0.502 e. The molecule has 0 heterocycles. The molecule has 1 N–H and O–H groups in total. The van der Waals surface area contributed by atoms with E-state index in [1.165, 1.54) is 13.2 Å². The van der Waals surface area contributed by atoms with E-state index >= 15 is 0 Å². The highest BCUT2D eigenvalue weighted by Crippen LogP contribution is 2.04. The Labute approximate surface area is 76.3 Å². The summed E-state index contributed by atoms with van der Waals surface area (Å²) >= 11 is 0. The van der Waals surface area contributed by atoms with Gasteiger partial charge in [-0.2, -0.15) is 0 Å². The number of esters is 1. The van der Waals surface area contributed by atoms with E-state index in [1.54, 1.807) is 12.1 Å². The third kappa shape index (κ3) is 2.63. The maximum atomic E-state index is 10.8. The van der Waals surface area contributed by atoms with Crippen molar-refractivity contribution in [2.24, 2.45) is 0 Å². The van der Waals surface area contributed by atoms with Crippen LogP contribution in [0.25, 0.3) is 6.08 Å². The van der Waals surface area contributed by atoms with E-state index in [9.17, 15) is 4.79 Å². The van der Waals surface area contributed by atoms with Crippen molar-refractivity contribution in [1.29, 1.82) is 0 Å². The van der Waals surface area contributed by atoms with Gasteiger partial charge in [0.25, 0.3) is 0 Å². The molecule has 0 aliphatic carbocycles. The Kier molecular flexibility index (Phi) is 3.09. The number of carbonyl (C=O) groups excluding carboxylic acids is 1. The molecule has 0 radical (unpaired) electrons. The van der Waals surface area contributed by atoms with Gasteiger partial charge in [-0.1, -0.05) is 30.3 Å². The Bertz CT molecular complexity index is 314. The lowest BCUT2D eigenvalue weighted by Gasteiger charge is -1.96. The average molecular weight is 178 g/mol. The normalized spacial score (nSPS) is 11.0. The van der Waals surface area contributed by atoms with Crippen LogP contribution in [0.5, 0.6) is 0 Å². The molecule has 13 heavy (non-hydrogen) atoms. The molecule has 0 atom stereocenters. The van der Waals surface area contributed by atoms with Gasteiger partial charge in [0, 0.05) is 0 Å². The zero-order valence-electron chi connectivity index (χ0n) is 7.23. The van der Waals surface area contributed by atoms with Gasteiger partial charge in [0.2, 0.25) is 5.76 Å². The second kappa shape index (κ2) is 4.30. The number of aliphatic hydroxyl groups is 1. The smallest absolute Gasteiger partial charge is 0.373 e. The molecule has 1 aromatic rings. The highest BCUT2D eigenvalue weighted by molar-refractivity contribution is 5.90. The lowest BCUT2D eigenvalue weighted by Crippen LogP contribution is -2.03. The lowest BCUT2D eigenvalue weighted by atomic mass is 10.2. The summed E-state index contributed by atoms with van der Waals surface area (Å²) in [5, 5.41) is 9.16. The number of hydrogen-bond donors (Lipinski definition) is 1. The molecule has 0 aliphatic heterocycles. The first-order valence-electron chi connectivity index (χ1n) is 3.78. The molecule has 0 aromatic heterocycles. The number of aliphatic hydroxyl groups excluding tert-OH is 1. The summed E-state index contributed by atoms with van der Waals surface area (Å²) in [6.07, 6.45) is 1.35. The molecule has 0 saturated heterocycles. The zero-order chi connectivity index (χ0) is 9.68. The van der Waals surface area contributed by atoms with E-state index in [0.717, 1.165) is 5.56 Å².